The lowest BCUT2D eigenvalue weighted by atomic mass is 10.1. The summed E-state index contributed by atoms with van der Waals surface area (Å²) in [5.74, 6) is -1.70. The summed E-state index contributed by atoms with van der Waals surface area (Å²) in [6.45, 7) is 3.63. The van der Waals surface area contributed by atoms with Crippen molar-refractivity contribution in [2.45, 2.75) is 17.9 Å². The van der Waals surface area contributed by atoms with Gasteiger partial charge in [0.15, 0.2) is 0 Å². The standard InChI is InChI=1S/C18H20F2N2O2S/c1-14(15-5-3-2-4-6-15)21-9-11-22(12-10-21)25(23,24)18-13-16(19)7-8-17(18)20/h2-8,13-14H,9-12H2,1H3/t14-/m1/s1. The Bertz CT molecular complexity index is 835. The Morgan fingerprint density at radius 3 is 2.24 bits per heavy atom. The van der Waals surface area contributed by atoms with E-state index in [-0.39, 0.29) is 19.1 Å². The van der Waals surface area contributed by atoms with E-state index >= 15 is 0 Å². The van der Waals surface area contributed by atoms with Gasteiger partial charge in [0, 0.05) is 32.2 Å². The Balaban J connectivity index is 1.72. The summed E-state index contributed by atoms with van der Waals surface area (Å²) in [7, 11) is -4.04. The number of rotatable bonds is 4. The second-order valence-corrected chi connectivity index (χ2v) is 8.01. The molecule has 0 spiro atoms. The number of nitrogens with zero attached hydrogens (tertiary/aromatic N) is 2. The molecule has 0 aromatic heterocycles. The van der Waals surface area contributed by atoms with Crippen LogP contribution in [0.5, 0.6) is 0 Å². The molecular formula is C18H20F2N2O2S. The van der Waals surface area contributed by atoms with Crippen LogP contribution in [-0.4, -0.2) is 43.8 Å². The predicted octanol–water partition coefficient (Wildman–Crippen LogP) is 3.03. The molecule has 1 aliphatic rings. The van der Waals surface area contributed by atoms with Crippen LogP contribution < -0.4 is 0 Å². The maximum absolute atomic E-state index is 13.9. The third-order valence-corrected chi connectivity index (χ3v) is 6.53. The summed E-state index contributed by atoms with van der Waals surface area (Å²) >= 11 is 0. The van der Waals surface area contributed by atoms with Crippen LogP contribution in [0.15, 0.2) is 53.4 Å². The lowest BCUT2D eigenvalue weighted by Gasteiger charge is -2.37. The minimum Gasteiger partial charge on any atom is -0.294 e. The van der Waals surface area contributed by atoms with Crippen molar-refractivity contribution in [3.63, 3.8) is 0 Å². The molecule has 134 valence electrons. The van der Waals surface area contributed by atoms with Crippen LogP contribution in [0, 0.1) is 11.6 Å². The zero-order chi connectivity index (χ0) is 18.0. The van der Waals surface area contributed by atoms with E-state index in [0.717, 1.165) is 23.8 Å². The zero-order valence-electron chi connectivity index (χ0n) is 13.9. The first-order valence-corrected chi connectivity index (χ1v) is 9.58. The van der Waals surface area contributed by atoms with E-state index in [4.69, 9.17) is 0 Å². The third-order valence-electron chi connectivity index (χ3n) is 4.61. The molecule has 3 rings (SSSR count). The smallest absolute Gasteiger partial charge is 0.246 e. The molecule has 0 amide bonds. The van der Waals surface area contributed by atoms with E-state index in [9.17, 15) is 17.2 Å². The summed E-state index contributed by atoms with van der Waals surface area (Å²) in [4.78, 5) is 1.58. The average molecular weight is 366 g/mol. The monoisotopic (exact) mass is 366 g/mol. The quantitative estimate of drug-likeness (QED) is 0.835. The first-order valence-electron chi connectivity index (χ1n) is 8.14. The topological polar surface area (TPSA) is 40.6 Å². The molecule has 0 radical (unpaired) electrons. The van der Waals surface area contributed by atoms with Crippen LogP contribution in [0.1, 0.15) is 18.5 Å². The molecule has 1 fully saturated rings. The number of sulfonamides is 1. The number of halogens is 2. The van der Waals surface area contributed by atoms with Crippen LogP contribution in [0.4, 0.5) is 8.78 Å². The predicted molar refractivity (Wildman–Crippen MR) is 91.5 cm³/mol. The van der Waals surface area contributed by atoms with E-state index in [1.165, 1.54) is 4.31 Å². The van der Waals surface area contributed by atoms with Crippen LogP contribution in [0.25, 0.3) is 0 Å². The molecule has 0 unspecified atom stereocenters. The highest BCUT2D eigenvalue weighted by Crippen LogP contribution is 2.25. The SMILES string of the molecule is C[C@H](c1ccccc1)N1CCN(S(=O)(=O)c2cc(F)ccc2F)CC1. The van der Waals surface area contributed by atoms with Crippen molar-refractivity contribution >= 4 is 10.0 Å². The minimum absolute atomic E-state index is 0.164. The van der Waals surface area contributed by atoms with Crippen LogP contribution in [-0.2, 0) is 10.0 Å². The highest BCUT2D eigenvalue weighted by molar-refractivity contribution is 7.89. The summed E-state index contributed by atoms with van der Waals surface area (Å²) in [6, 6.07) is 12.6. The molecule has 0 aliphatic carbocycles. The minimum atomic E-state index is -4.04. The maximum atomic E-state index is 13.9. The molecule has 2 aromatic carbocycles. The average Bonchev–Trinajstić information content (AvgIpc) is 2.64. The van der Waals surface area contributed by atoms with Gasteiger partial charge in [-0.15, -0.1) is 0 Å². The van der Waals surface area contributed by atoms with Gasteiger partial charge in [-0.05, 0) is 30.7 Å². The normalized spacial score (nSPS) is 18.2. The van der Waals surface area contributed by atoms with Crippen molar-refractivity contribution in [1.29, 1.82) is 0 Å². The Morgan fingerprint density at radius 2 is 1.60 bits per heavy atom. The van der Waals surface area contributed by atoms with E-state index in [2.05, 4.69) is 11.8 Å². The number of benzene rings is 2. The summed E-state index contributed by atoms with van der Waals surface area (Å²) in [6.07, 6.45) is 0. The van der Waals surface area contributed by atoms with E-state index in [1.54, 1.807) is 0 Å². The van der Waals surface area contributed by atoms with Gasteiger partial charge in [0.25, 0.3) is 0 Å². The van der Waals surface area contributed by atoms with E-state index < -0.39 is 26.6 Å². The molecule has 0 bridgehead atoms. The molecule has 1 aliphatic heterocycles. The van der Waals surface area contributed by atoms with Crippen LogP contribution in [0.3, 0.4) is 0 Å². The molecule has 1 heterocycles. The van der Waals surface area contributed by atoms with Gasteiger partial charge in [-0.25, -0.2) is 17.2 Å². The lowest BCUT2D eigenvalue weighted by molar-refractivity contribution is 0.145. The van der Waals surface area contributed by atoms with Crippen LogP contribution >= 0.6 is 0 Å². The second kappa shape index (κ2) is 7.19. The molecule has 25 heavy (non-hydrogen) atoms. The first kappa shape index (κ1) is 18.0. The number of piperazine rings is 1. The van der Waals surface area contributed by atoms with Gasteiger partial charge in [0.1, 0.15) is 16.5 Å². The van der Waals surface area contributed by atoms with Crippen molar-refractivity contribution in [2.75, 3.05) is 26.2 Å². The fraction of sp³-hybridized carbons (Fsp3) is 0.333. The second-order valence-electron chi connectivity index (χ2n) is 6.10. The van der Waals surface area contributed by atoms with Crippen molar-refractivity contribution in [1.82, 2.24) is 9.21 Å². The number of hydrogen-bond acceptors (Lipinski definition) is 3. The van der Waals surface area contributed by atoms with E-state index in [0.29, 0.717) is 13.1 Å². The molecule has 2 aromatic rings. The molecule has 0 saturated carbocycles. The highest BCUT2D eigenvalue weighted by Gasteiger charge is 2.32. The molecule has 1 saturated heterocycles. The van der Waals surface area contributed by atoms with Gasteiger partial charge in [-0.3, -0.25) is 4.90 Å². The molecule has 0 N–H and O–H groups in total. The van der Waals surface area contributed by atoms with Crippen molar-refractivity contribution in [2.24, 2.45) is 0 Å². The summed E-state index contributed by atoms with van der Waals surface area (Å²) in [5, 5.41) is 0. The molecule has 1 atom stereocenters. The first-order chi connectivity index (χ1) is 11.9. The molecule has 4 nitrogen and oxygen atoms in total. The highest BCUT2D eigenvalue weighted by atomic mass is 32.2. The van der Waals surface area contributed by atoms with Crippen molar-refractivity contribution in [3.05, 3.63) is 65.7 Å². The van der Waals surface area contributed by atoms with Crippen molar-refractivity contribution in [3.8, 4) is 0 Å². The lowest BCUT2D eigenvalue weighted by Crippen LogP contribution is -2.49. The Hall–Kier alpha value is -1.83. The summed E-state index contributed by atoms with van der Waals surface area (Å²) in [5.41, 5.74) is 1.16. The maximum Gasteiger partial charge on any atom is 0.246 e. The van der Waals surface area contributed by atoms with Gasteiger partial charge in [0.2, 0.25) is 10.0 Å². The zero-order valence-corrected chi connectivity index (χ0v) is 14.7. The molecule has 7 heteroatoms. The van der Waals surface area contributed by atoms with Gasteiger partial charge in [0.05, 0.1) is 0 Å². The van der Waals surface area contributed by atoms with Crippen LogP contribution in [0.2, 0.25) is 0 Å². The fourth-order valence-electron chi connectivity index (χ4n) is 3.09. The van der Waals surface area contributed by atoms with Gasteiger partial charge in [-0.1, -0.05) is 30.3 Å². The Labute approximate surface area is 146 Å². The van der Waals surface area contributed by atoms with Gasteiger partial charge in [-0.2, -0.15) is 4.31 Å². The van der Waals surface area contributed by atoms with Gasteiger partial charge < -0.3 is 0 Å². The number of hydrogen-bond donors (Lipinski definition) is 0. The summed E-state index contributed by atoms with van der Waals surface area (Å²) < 4.78 is 53.6. The van der Waals surface area contributed by atoms with E-state index in [1.807, 2.05) is 30.3 Å². The largest absolute Gasteiger partial charge is 0.294 e. The fourth-order valence-corrected chi connectivity index (χ4v) is 4.59. The Kier molecular flexibility index (Phi) is 5.17. The third kappa shape index (κ3) is 3.73. The van der Waals surface area contributed by atoms with Gasteiger partial charge >= 0.3 is 0 Å². The Morgan fingerprint density at radius 1 is 0.960 bits per heavy atom. The van der Waals surface area contributed by atoms with Crippen molar-refractivity contribution < 1.29 is 17.2 Å². The molecular weight excluding hydrogens is 346 g/mol.